The molecule has 0 aliphatic heterocycles. The van der Waals surface area contributed by atoms with Crippen LogP contribution >= 0.6 is 0 Å². The van der Waals surface area contributed by atoms with Crippen LogP contribution < -0.4 is 10.1 Å². The lowest BCUT2D eigenvalue weighted by atomic mass is 10.2. The number of rotatable bonds is 7. The predicted octanol–water partition coefficient (Wildman–Crippen LogP) is 3.42. The van der Waals surface area contributed by atoms with Crippen LogP contribution in [-0.2, 0) is 11.3 Å². The molecule has 0 bridgehead atoms. The second-order valence-electron chi connectivity index (χ2n) is 4.80. The summed E-state index contributed by atoms with van der Waals surface area (Å²) in [5.74, 6) is 0.770. The minimum Gasteiger partial charge on any atom is -0.496 e. The Bertz CT molecular complexity index is 642. The lowest BCUT2D eigenvalue weighted by molar-refractivity contribution is 0.140. The van der Waals surface area contributed by atoms with E-state index in [0.717, 1.165) is 16.9 Å². The zero-order valence-electron chi connectivity index (χ0n) is 13.1. The quantitative estimate of drug-likeness (QED) is 0.796. The highest BCUT2D eigenvalue weighted by atomic mass is 16.5. The van der Waals surface area contributed by atoms with Crippen molar-refractivity contribution in [2.45, 2.75) is 13.0 Å². The molecule has 0 fully saturated rings. The number of pyridine rings is 1. The molecular formula is C18H20N2O3. The van der Waals surface area contributed by atoms with Crippen LogP contribution in [-0.4, -0.2) is 24.7 Å². The summed E-state index contributed by atoms with van der Waals surface area (Å²) in [6.07, 6.45) is 7.57. The fraction of sp³-hybridized carbons (Fsp3) is 0.222. The van der Waals surface area contributed by atoms with E-state index in [1.807, 2.05) is 42.5 Å². The van der Waals surface area contributed by atoms with Gasteiger partial charge in [-0.2, -0.15) is 0 Å². The molecule has 5 heteroatoms. The van der Waals surface area contributed by atoms with E-state index in [9.17, 15) is 4.79 Å². The van der Waals surface area contributed by atoms with Gasteiger partial charge in [-0.15, -0.1) is 0 Å². The molecule has 0 saturated heterocycles. The first-order chi connectivity index (χ1) is 11.3. The number of methoxy groups -OCH3 is 1. The molecule has 0 spiro atoms. The lowest BCUT2D eigenvalue weighted by Gasteiger charge is -2.06. The third-order valence-corrected chi connectivity index (χ3v) is 3.12. The van der Waals surface area contributed by atoms with Gasteiger partial charge in [0.25, 0.3) is 0 Å². The summed E-state index contributed by atoms with van der Waals surface area (Å²) < 4.78 is 10.4. The monoisotopic (exact) mass is 312 g/mol. The molecule has 0 radical (unpaired) electrons. The van der Waals surface area contributed by atoms with E-state index in [1.54, 1.807) is 25.6 Å². The molecule has 5 nitrogen and oxygen atoms in total. The Hall–Kier alpha value is -2.82. The Morgan fingerprint density at radius 2 is 2.09 bits per heavy atom. The van der Waals surface area contributed by atoms with Gasteiger partial charge in [0.15, 0.2) is 0 Å². The summed E-state index contributed by atoms with van der Waals surface area (Å²) in [6, 6.07) is 11.4. The number of nitrogens with one attached hydrogen (secondary N) is 1. The molecule has 2 aromatic rings. The Kier molecular flexibility index (Phi) is 6.65. The van der Waals surface area contributed by atoms with E-state index in [-0.39, 0.29) is 6.61 Å². The van der Waals surface area contributed by atoms with Gasteiger partial charge >= 0.3 is 6.09 Å². The maximum Gasteiger partial charge on any atom is 0.407 e. The zero-order valence-corrected chi connectivity index (χ0v) is 13.1. The number of hydrogen-bond donors (Lipinski definition) is 1. The van der Waals surface area contributed by atoms with E-state index in [4.69, 9.17) is 9.47 Å². The minimum absolute atomic E-state index is 0.273. The number of hydrogen-bond acceptors (Lipinski definition) is 4. The topological polar surface area (TPSA) is 60.5 Å². The van der Waals surface area contributed by atoms with Crippen molar-refractivity contribution in [3.05, 3.63) is 66.0 Å². The molecule has 1 heterocycles. The molecule has 120 valence electrons. The first kappa shape index (κ1) is 16.5. The van der Waals surface area contributed by atoms with Crippen molar-refractivity contribution < 1.29 is 14.3 Å². The molecule has 0 unspecified atom stereocenters. The number of alkyl carbamates (subject to hydrolysis) is 1. The van der Waals surface area contributed by atoms with E-state index < -0.39 is 6.09 Å². The zero-order chi connectivity index (χ0) is 16.3. The second kappa shape index (κ2) is 9.25. The normalized spacial score (nSPS) is 10.5. The first-order valence-electron chi connectivity index (χ1n) is 7.38. The molecule has 0 aliphatic rings. The van der Waals surface area contributed by atoms with Crippen LogP contribution in [0.4, 0.5) is 4.79 Å². The van der Waals surface area contributed by atoms with E-state index in [1.165, 1.54) is 0 Å². The van der Waals surface area contributed by atoms with Gasteiger partial charge in [0, 0.05) is 24.5 Å². The van der Waals surface area contributed by atoms with Gasteiger partial charge < -0.3 is 14.8 Å². The Balaban J connectivity index is 1.66. The number of carbonyl (C=O) groups is 1. The summed E-state index contributed by atoms with van der Waals surface area (Å²) in [5, 5.41) is 2.71. The van der Waals surface area contributed by atoms with Crippen LogP contribution in [0.25, 0.3) is 6.08 Å². The van der Waals surface area contributed by atoms with Crippen molar-refractivity contribution in [1.82, 2.24) is 10.3 Å². The van der Waals surface area contributed by atoms with Gasteiger partial charge in [0.05, 0.1) is 7.11 Å². The molecular weight excluding hydrogens is 292 g/mol. The summed E-state index contributed by atoms with van der Waals surface area (Å²) in [7, 11) is 1.62. The van der Waals surface area contributed by atoms with Crippen molar-refractivity contribution in [1.29, 1.82) is 0 Å². The number of benzene rings is 1. The highest BCUT2D eigenvalue weighted by Crippen LogP contribution is 2.17. The van der Waals surface area contributed by atoms with Gasteiger partial charge in [-0.25, -0.2) is 4.79 Å². The molecule has 1 aromatic carbocycles. The lowest BCUT2D eigenvalue weighted by Crippen LogP contribution is -2.24. The van der Waals surface area contributed by atoms with Gasteiger partial charge in [-0.05, 0) is 18.1 Å². The van der Waals surface area contributed by atoms with Crippen molar-refractivity contribution >= 4 is 12.2 Å². The smallest absolute Gasteiger partial charge is 0.407 e. The molecule has 0 saturated carbocycles. The van der Waals surface area contributed by atoms with Crippen molar-refractivity contribution in [2.75, 3.05) is 13.7 Å². The van der Waals surface area contributed by atoms with Crippen molar-refractivity contribution in [2.24, 2.45) is 0 Å². The maximum absolute atomic E-state index is 11.6. The van der Waals surface area contributed by atoms with Gasteiger partial charge in [-0.1, -0.05) is 42.5 Å². The largest absolute Gasteiger partial charge is 0.496 e. The fourth-order valence-corrected chi connectivity index (χ4v) is 1.95. The van der Waals surface area contributed by atoms with E-state index in [0.29, 0.717) is 13.0 Å². The number of carbonyl (C=O) groups excluding carboxylic acids is 1. The van der Waals surface area contributed by atoms with Crippen LogP contribution in [0.15, 0.2) is 54.9 Å². The van der Waals surface area contributed by atoms with Crippen LogP contribution in [0.2, 0.25) is 0 Å². The molecule has 0 atom stereocenters. The summed E-state index contributed by atoms with van der Waals surface area (Å²) in [4.78, 5) is 15.6. The van der Waals surface area contributed by atoms with Crippen LogP contribution in [0, 0.1) is 0 Å². The average Bonchev–Trinajstić information content (AvgIpc) is 2.61. The average molecular weight is 312 g/mol. The Labute approximate surface area is 136 Å². The third kappa shape index (κ3) is 5.82. The SMILES string of the molecule is COc1ccncc1C=CCCNC(=O)OCc1ccccc1. The number of nitrogens with zero attached hydrogens (tertiary/aromatic N) is 1. The summed E-state index contributed by atoms with van der Waals surface area (Å²) in [5.41, 5.74) is 1.87. The maximum atomic E-state index is 11.6. The highest BCUT2D eigenvalue weighted by molar-refractivity contribution is 5.67. The Morgan fingerprint density at radius 1 is 1.26 bits per heavy atom. The van der Waals surface area contributed by atoms with Gasteiger partial charge in [0.2, 0.25) is 0 Å². The molecule has 1 aromatic heterocycles. The molecule has 1 N–H and O–H groups in total. The molecule has 1 amide bonds. The standard InChI is InChI=1S/C18H20N2O3/c1-22-17-10-12-19-13-16(17)9-5-6-11-20-18(21)23-14-15-7-3-2-4-8-15/h2-5,7-10,12-13H,6,11,14H2,1H3,(H,20,21). The first-order valence-corrected chi connectivity index (χ1v) is 7.38. The summed E-state index contributed by atoms with van der Waals surface area (Å²) in [6.45, 7) is 0.780. The second-order valence-corrected chi connectivity index (χ2v) is 4.80. The number of aromatic nitrogens is 1. The van der Waals surface area contributed by atoms with Crippen LogP contribution in [0.3, 0.4) is 0 Å². The number of amides is 1. The van der Waals surface area contributed by atoms with Gasteiger partial charge in [-0.3, -0.25) is 4.98 Å². The van der Waals surface area contributed by atoms with E-state index >= 15 is 0 Å². The van der Waals surface area contributed by atoms with Crippen molar-refractivity contribution in [3.63, 3.8) is 0 Å². The molecule has 0 aliphatic carbocycles. The van der Waals surface area contributed by atoms with Crippen LogP contribution in [0.5, 0.6) is 5.75 Å². The third-order valence-electron chi connectivity index (χ3n) is 3.12. The van der Waals surface area contributed by atoms with Crippen molar-refractivity contribution in [3.8, 4) is 5.75 Å². The van der Waals surface area contributed by atoms with Gasteiger partial charge in [0.1, 0.15) is 12.4 Å². The summed E-state index contributed by atoms with van der Waals surface area (Å²) >= 11 is 0. The predicted molar refractivity (Wildman–Crippen MR) is 89.1 cm³/mol. The molecule has 2 rings (SSSR count). The van der Waals surface area contributed by atoms with E-state index in [2.05, 4.69) is 10.3 Å². The Morgan fingerprint density at radius 3 is 2.87 bits per heavy atom. The van der Waals surface area contributed by atoms with Crippen LogP contribution in [0.1, 0.15) is 17.5 Å². The highest BCUT2D eigenvalue weighted by Gasteiger charge is 2.01. The minimum atomic E-state index is -0.416. The fourth-order valence-electron chi connectivity index (χ4n) is 1.95. The number of ether oxygens (including phenoxy) is 2. The molecule has 23 heavy (non-hydrogen) atoms.